The zero-order valence-corrected chi connectivity index (χ0v) is 12.8. The minimum absolute atomic E-state index is 0.325. The Morgan fingerprint density at radius 2 is 2.12 bits per heavy atom. The second-order valence-electron chi connectivity index (χ2n) is 4.72. The van der Waals surface area contributed by atoms with Gasteiger partial charge in [0.2, 0.25) is 0 Å². The molecule has 3 aromatic rings. The Bertz CT molecular complexity index is 860. The molecule has 1 amide bonds. The molecule has 1 aromatic carbocycles. The highest BCUT2D eigenvalue weighted by molar-refractivity contribution is 5.94. The standard InChI is InChI=1S/C16H14N6O2/c1-24-15-4-2-3-14(9-15)22-11-13(19-21-22)10-18-20-16(23)12-5-7-17-8-6-12/h2-11H,1H3,(H,20,23)/b18-10+. The highest BCUT2D eigenvalue weighted by atomic mass is 16.5. The molecule has 1 N–H and O–H groups in total. The largest absolute Gasteiger partial charge is 0.497 e. The van der Waals surface area contributed by atoms with E-state index in [0.29, 0.717) is 11.3 Å². The fraction of sp³-hybridized carbons (Fsp3) is 0.0625. The van der Waals surface area contributed by atoms with Gasteiger partial charge in [-0.3, -0.25) is 9.78 Å². The quantitative estimate of drug-likeness (QED) is 0.566. The van der Waals surface area contributed by atoms with Crippen LogP contribution in [0.25, 0.3) is 5.69 Å². The van der Waals surface area contributed by atoms with E-state index in [9.17, 15) is 4.79 Å². The van der Waals surface area contributed by atoms with Gasteiger partial charge in [-0.1, -0.05) is 11.3 Å². The molecule has 2 aromatic heterocycles. The predicted octanol–water partition coefficient (Wildman–Crippen LogP) is 1.43. The molecule has 0 saturated carbocycles. The third kappa shape index (κ3) is 3.61. The molecule has 0 radical (unpaired) electrons. The van der Waals surface area contributed by atoms with Gasteiger partial charge in [0.15, 0.2) is 0 Å². The van der Waals surface area contributed by atoms with Gasteiger partial charge in [-0.25, -0.2) is 10.1 Å². The summed E-state index contributed by atoms with van der Waals surface area (Å²) >= 11 is 0. The first-order chi connectivity index (χ1) is 11.8. The number of carbonyl (C=O) groups is 1. The minimum Gasteiger partial charge on any atom is -0.497 e. The lowest BCUT2D eigenvalue weighted by atomic mass is 10.3. The van der Waals surface area contributed by atoms with Gasteiger partial charge < -0.3 is 4.74 Å². The Balaban J connectivity index is 1.66. The van der Waals surface area contributed by atoms with Crippen molar-refractivity contribution < 1.29 is 9.53 Å². The summed E-state index contributed by atoms with van der Waals surface area (Å²) in [4.78, 5) is 15.7. The molecule has 120 valence electrons. The number of hydrazone groups is 1. The minimum atomic E-state index is -0.325. The molecular formula is C16H14N6O2. The van der Waals surface area contributed by atoms with Crippen LogP contribution >= 0.6 is 0 Å². The van der Waals surface area contributed by atoms with E-state index in [2.05, 4.69) is 25.8 Å². The van der Waals surface area contributed by atoms with Gasteiger partial charge in [0.25, 0.3) is 5.91 Å². The fourth-order valence-corrected chi connectivity index (χ4v) is 1.94. The molecule has 0 fully saturated rings. The SMILES string of the molecule is COc1cccc(-n2cc(/C=N/NC(=O)c3ccncc3)nn2)c1. The average Bonchev–Trinajstić information content (AvgIpc) is 3.11. The van der Waals surface area contributed by atoms with Gasteiger partial charge >= 0.3 is 0 Å². The summed E-state index contributed by atoms with van der Waals surface area (Å²) in [6.45, 7) is 0. The fourth-order valence-electron chi connectivity index (χ4n) is 1.94. The molecule has 0 aliphatic rings. The van der Waals surface area contributed by atoms with Gasteiger partial charge in [0, 0.05) is 24.0 Å². The number of aromatic nitrogens is 4. The summed E-state index contributed by atoms with van der Waals surface area (Å²) in [6, 6.07) is 10.6. The Morgan fingerprint density at radius 1 is 1.29 bits per heavy atom. The molecule has 0 unspecified atom stereocenters. The van der Waals surface area contributed by atoms with Gasteiger partial charge in [-0.2, -0.15) is 5.10 Å². The zero-order valence-electron chi connectivity index (χ0n) is 12.8. The molecule has 0 bridgehead atoms. The molecule has 0 saturated heterocycles. The van der Waals surface area contributed by atoms with E-state index in [1.54, 1.807) is 42.5 Å². The van der Waals surface area contributed by atoms with E-state index < -0.39 is 0 Å². The second kappa shape index (κ2) is 7.14. The molecule has 3 rings (SSSR count). The lowest BCUT2D eigenvalue weighted by molar-refractivity contribution is 0.0955. The number of carbonyl (C=O) groups excluding carboxylic acids is 1. The van der Waals surface area contributed by atoms with Gasteiger partial charge in [0.05, 0.1) is 25.2 Å². The lowest BCUT2D eigenvalue weighted by Gasteiger charge is -2.02. The van der Waals surface area contributed by atoms with E-state index in [4.69, 9.17) is 4.74 Å². The van der Waals surface area contributed by atoms with E-state index in [1.807, 2.05) is 24.3 Å². The van der Waals surface area contributed by atoms with Crippen LogP contribution in [-0.2, 0) is 0 Å². The van der Waals surface area contributed by atoms with Crippen LogP contribution < -0.4 is 10.2 Å². The summed E-state index contributed by atoms with van der Waals surface area (Å²) in [6.07, 6.45) is 6.19. The number of methoxy groups -OCH3 is 1. The van der Waals surface area contributed by atoms with E-state index >= 15 is 0 Å². The van der Waals surface area contributed by atoms with Crippen LogP contribution in [0.3, 0.4) is 0 Å². The van der Waals surface area contributed by atoms with E-state index in [0.717, 1.165) is 11.4 Å². The van der Waals surface area contributed by atoms with Crippen molar-refractivity contribution in [2.75, 3.05) is 7.11 Å². The molecule has 2 heterocycles. The van der Waals surface area contributed by atoms with Crippen LogP contribution in [0.1, 0.15) is 16.1 Å². The number of hydrogen-bond donors (Lipinski definition) is 1. The molecule has 8 nitrogen and oxygen atoms in total. The predicted molar refractivity (Wildman–Crippen MR) is 87.2 cm³/mol. The first-order valence-corrected chi connectivity index (χ1v) is 7.06. The van der Waals surface area contributed by atoms with Crippen molar-refractivity contribution in [1.29, 1.82) is 0 Å². The summed E-state index contributed by atoms with van der Waals surface area (Å²) in [5.41, 5.74) is 4.21. The Morgan fingerprint density at radius 3 is 2.92 bits per heavy atom. The highest BCUT2D eigenvalue weighted by Crippen LogP contribution is 2.15. The van der Waals surface area contributed by atoms with Crippen molar-refractivity contribution in [3.63, 3.8) is 0 Å². The molecule has 8 heteroatoms. The topological polar surface area (TPSA) is 94.3 Å². The number of amides is 1. The van der Waals surface area contributed by atoms with Crippen molar-refractivity contribution in [2.24, 2.45) is 5.10 Å². The number of nitrogens with zero attached hydrogens (tertiary/aromatic N) is 5. The van der Waals surface area contributed by atoms with E-state index in [1.165, 1.54) is 6.21 Å². The summed E-state index contributed by atoms with van der Waals surface area (Å²) in [5, 5.41) is 11.9. The van der Waals surface area contributed by atoms with Crippen LogP contribution in [-0.4, -0.2) is 39.2 Å². The van der Waals surface area contributed by atoms with Gasteiger partial charge in [-0.05, 0) is 24.3 Å². The summed E-state index contributed by atoms with van der Waals surface area (Å²) in [7, 11) is 1.60. The third-order valence-corrected chi connectivity index (χ3v) is 3.13. The average molecular weight is 322 g/mol. The maximum atomic E-state index is 11.8. The highest BCUT2D eigenvalue weighted by Gasteiger charge is 2.04. The van der Waals surface area contributed by atoms with Crippen molar-refractivity contribution >= 4 is 12.1 Å². The maximum Gasteiger partial charge on any atom is 0.271 e. The van der Waals surface area contributed by atoms with Crippen LogP contribution in [0.5, 0.6) is 5.75 Å². The smallest absolute Gasteiger partial charge is 0.271 e. The van der Waals surface area contributed by atoms with Crippen molar-refractivity contribution in [3.8, 4) is 11.4 Å². The lowest BCUT2D eigenvalue weighted by Crippen LogP contribution is -2.17. The summed E-state index contributed by atoms with van der Waals surface area (Å²) in [5.74, 6) is 0.400. The summed E-state index contributed by atoms with van der Waals surface area (Å²) < 4.78 is 6.77. The Hall–Kier alpha value is -3.55. The number of hydrogen-bond acceptors (Lipinski definition) is 6. The van der Waals surface area contributed by atoms with Crippen molar-refractivity contribution in [3.05, 3.63) is 66.2 Å². The molecule has 0 aliphatic carbocycles. The molecule has 0 atom stereocenters. The van der Waals surface area contributed by atoms with Crippen LogP contribution in [0.4, 0.5) is 0 Å². The van der Waals surface area contributed by atoms with E-state index in [-0.39, 0.29) is 5.91 Å². The van der Waals surface area contributed by atoms with Crippen LogP contribution in [0.15, 0.2) is 60.1 Å². The molecule has 0 aliphatic heterocycles. The maximum absolute atomic E-state index is 11.8. The number of benzene rings is 1. The monoisotopic (exact) mass is 322 g/mol. The molecular weight excluding hydrogens is 308 g/mol. The van der Waals surface area contributed by atoms with Crippen molar-refractivity contribution in [2.45, 2.75) is 0 Å². The van der Waals surface area contributed by atoms with Crippen LogP contribution in [0.2, 0.25) is 0 Å². The first kappa shape index (κ1) is 15.3. The Labute approximate surface area is 137 Å². The van der Waals surface area contributed by atoms with Gasteiger partial charge in [-0.15, -0.1) is 5.10 Å². The molecule has 0 spiro atoms. The third-order valence-electron chi connectivity index (χ3n) is 3.13. The number of nitrogens with one attached hydrogen (secondary N) is 1. The van der Waals surface area contributed by atoms with Gasteiger partial charge in [0.1, 0.15) is 11.4 Å². The first-order valence-electron chi connectivity index (χ1n) is 7.06. The second-order valence-corrected chi connectivity index (χ2v) is 4.72. The molecule has 24 heavy (non-hydrogen) atoms. The number of ether oxygens (including phenoxy) is 1. The number of pyridine rings is 1. The Kier molecular flexibility index (Phi) is 4.57. The normalized spacial score (nSPS) is 10.7. The van der Waals surface area contributed by atoms with Crippen molar-refractivity contribution in [1.82, 2.24) is 25.4 Å². The number of rotatable bonds is 5. The zero-order chi connectivity index (χ0) is 16.8. The van der Waals surface area contributed by atoms with Crippen LogP contribution in [0, 0.1) is 0 Å².